The van der Waals surface area contributed by atoms with E-state index in [-0.39, 0.29) is 5.69 Å². The van der Waals surface area contributed by atoms with Gasteiger partial charge in [-0.25, -0.2) is 9.97 Å². The molecule has 0 spiro atoms. The van der Waals surface area contributed by atoms with Gasteiger partial charge in [-0.3, -0.25) is 9.78 Å². The molecule has 0 saturated carbocycles. The predicted molar refractivity (Wildman–Crippen MR) is 98.0 cm³/mol. The highest BCUT2D eigenvalue weighted by Gasteiger charge is 2.11. The summed E-state index contributed by atoms with van der Waals surface area (Å²) in [7, 11) is 0. The van der Waals surface area contributed by atoms with Gasteiger partial charge in [0, 0.05) is 30.0 Å². The van der Waals surface area contributed by atoms with Crippen molar-refractivity contribution in [2.24, 2.45) is 0 Å². The van der Waals surface area contributed by atoms with Crippen molar-refractivity contribution in [3.8, 4) is 0 Å². The van der Waals surface area contributed by atoms with Gasteiger partial charge in [0.05, 0.1) is 10.7 Å². The zero-order valence-corrected chi connectivity index (χ0v) is 14.4. The Hall–Kier alpha value is -2.70. The number of hydrogen-bond acceptors (Lipinski definition) is 5. The summed E-state index contributed by atoms with van der Waals surface area (Å²) >= 11 is 11.9. The number of rotatable bonds is 5. The first kappa shape index (κ1) is 17.1. The highest BCUT2D eigenvalue weighted by Crippen LogP contribution is 2.25. The zero-order chi connectivity index (χ0) is 17.6. The van der Waals surface area contributed by atoms with Crippen molar-refractivity contribution in [2.75, 3.05) is 10.6 Å². The number of hydrogen-bond donors (Lipinski definition) is 2. The van der Waals surface area contributed by atoms with Crippen molar-refractivity contribution >= 4 is 40.6 Å². The molecule has 126 valence electrons. The predicted octanol–water partition coefficient (Wildman–Crippen LogP) is 4.04. The standard InChI is InChI=1S/C17H13Cl2N5O/c18-12-3-4-14(13(19)6-12)24-17(25)15-7-16(23-10-22-15)21-9-11-2-1-5-20-8-11/h1-8,10H,9H2,(H,24,25)(H,21,22,23). The molecule has 8 heteroatoms. The molecule has 2 heterocycles. The van der Waals surface area contributed by atoms with E-state index in [9.17, 15) is 4.79 Å². The number of nitrogens with one attached hydrogen (secondary N) is 2. The average Bonchev–Trinajstić information content (AvgIpc) is 2.63. The lowest BCUT2D eigenvalue weighted by molar-refractivity contribution is 0.102. The zero-order valence-electron chi connectivity index (χ0n) is 12.9. The van der Waals surface area contributed by atoms with E-state index in [1.807, 2.05) is 12.1 Å². The quantitative estimate of drug-likeness (QED) is 0.705. The molecule has 1 amide bonds. The first-order valence-corrected chi connectivity index (χ1v) is 8.08. The molecular weight excluding hydrogens is 361 g/mol. The van der Waals surface area contributed by atoms with Crippen molar-refractivity contribution < 1.29 is 4.79 Å². The summed E-state index contributed by atoms with van der Waals surface area (Å²) in [6, 6.07) is 10.2. The molecule has 6 nitrogen and oxygen atoms in total. The van der Waals surface area contributed by atoms with Gasteiger partial charge in [0.15, 0.2) is 0 Å². The Balaban J connectivity index is 1.69. The van der Waals surface area contributed by atoms with Gasteiger partial charge in [-0.05, 0) is 29.8 Å². The van der Waals surface area contributed by atoms with Gasteiger partial charge in [0.1, 0.15) is 17.8 Å². The molecule has 0 aliphatic heterocycles. The second-order valence-corrected chi connectivity index (χ2v) is 5.93. The van der Waals surface area contributed by atoms with Crippen molar-refractivity contribution in [2.45, 2.75) is 6.54 Å². The van der Waals surface area contributed by atoms with Gasteiger partial charge in [-0.1, -0.05) is 29.3 Å². The second kappa shape index (κ2) is 7.92. The molecule has 0 aliphatic rings. The van der Waals surface area contributed by atoms with Crippen LogP contribution in [0.4, 0.5) is 11.5 Å². The number of aromatic nitrogens is 3. The fourth-order valence-electron chi connectivity index (χ4n) is 2.05. The van der Waals surface area contributed by atoms with Crippen LogP contribution in [0.25, 0.3) is 0 Å². The van der Waals surface area contributed by atoms with Crippen LogP contribution in [-0.4, -0.2) is 20.9 Å². The van der Waals surface area contributed by atoms with Gasteiger partial charge in [0.25, 0.3) is 5.91 Å². The monoisotopic (exact) mass is 373 g/mol. The Morgan fingerprint density at radius 2 is 2.00 bits per heavy atom. The molecule has 0 bridgehead atoms. The van der Waals surface area contributed by atoms with E-state index in [0.717, 1.165) is 5.56 Å². The van der Waals surface area contributed by atoms with Crippen LogP contribution in [0.3, 0.4) is 0 Å². The summed E-state index contributed by atoms with van der Waals surface area (Å²) < 4.78 is 0. The third-order valence-electron chi connectivity index (χ3n) is 3.28. The van der Waals surface area contributed by atoms with Gasteiger partial charge in [0.2, 0.25) is 0 Å². The second-order valence-electron chi connectivity index (χ2n) is 5.08. The third-order valence-corrected chi connectivity index (χ3v) is 3.82. The lowest BCUT2D eigenvalue weighted by Gasteiger charge is -2.09. The average molecular weight is 374 g/mol. The van der Waals surface area contributed by atoms with E-state index in [2.05, 4.69) is 25.6 Å². The molecule has 2 N–H and O–H groups in total. The molecule has 1 aromatic carbocycles. The Labute approximate surface area is 154 Å². The number of amides is 1. The number of pyridine rings is 1. The summed E-state index contributed by atoms with van der Waals surface area (Å²) in [6.07, 6.45) is 4.78. The van der Waals surface area contributed by atoms with E-state index in [0.29, 0.717) is 28.1 Å². The Morgan fingerprint density at radius 3 is 2.76 bits per heavy atom. The highest BCUT2D eigenvalue weighted by atomic mass is 35.5. The minimum absolute atomic E-state index is 0.217. The van der Waals surface area contributed by atoms with E-state index < -0.39 is 5.91 Å². The summed E-state index contributed by atoms with van der Waals surface area (Å²) in [6.45, 7) is 0.537. The molecule has 0 unspecified atom stereocenters. The number of carbonyl (C=O) groups is 1. The van der Waals surface area contributed by atoms with Crippen LogP contribution in [0.2, 0.25) is 10.0 Å². The largest absolute Gasteiger partial charge is 0.366 e. The van der Waals surface area contributed by atoms with Crippen LogP contribution >= 0.6 is 23.2 Å². The van der Waals surface area contributed by atoms with E-state index in [1.165, 1.54) is 6.33 Å². The van der Waals surface area contributed by atoms with Crippen LogP contribution in [0.5, 0.6) is 0 Å². The van der Waals surface area contributed by atoms with Crippen LogP contribution in [0.1, 0.15) is 16.1 Å². The smallest absolute Gasteiger partial charge is 0.274 e. The molecule has 0 aliphatic carbocycles. The van der Waals surface area contributed by atoms with Crippen molar-refractivity contribution in [3.63, 3.8) is 0 Å². The summed E-state index contributed by atoms with van der Waals surface area (Å²) in [5.41, 5.74) is 1.68. The molecular formula is C17H13Cl2N5O. The number of halogens is 2. The SMILES string of the molecule is O=C(Nc1ccc(Cl)cc1Cl)c1cc(NCc2cccnc2)ncn1. The number of carbonyl (C=O) groups excluding carboxylic acids is 1. The summed E-state index contributed by atoms with van der Waals surface area (Å²) in [4.78, 5) is 24.5. The van der Waals surface area contributed by atoms with E-state index >= 15 is 0 Å². The van der Waals surface area contributed by atoms with Crippen molar-refractivity contribution in [1.82, 2.24) is 15.0 Å². The van der Waals surface area contributed by atoms with Crippen LogP contribution < -0.4 is 10.6 Å². The first-order chi connectivity index (χ1) is 12.1. The molecule has 25 heavy (non-hydrogen) atoms. The molecule has 3 aromatic rings. The van der Waals surface area contributed by atoms with Crippen molar-refractivity contribution in [1.29, 1.82) is 0 Å². The third kappa shape index (κ3) is 4.65. The van der Waals surface area contributed by atoms with E-state index in [1.54, 1.807) is 36.7 Å². The van der Waals surface area contributed by atoms with Crippen molar-refractivity contribution in [3.05, 3.63) is 76.4 Å². The molecule has 0 fully saturated rings. The molecule has 2 aromatic heterocycles. The minimum Gasteiger partial charge on any atom is -0.366 e. The first-order valence-electron chi connectivity index (χ1n) is 7.33. The van der Waals surface area contributed by atoms with Gasteiger partial charge < -0.3 is 10.6 Å². The fraction of sp³-hybridized carbons (Fsp3) is 0.0588. The van der Waals surface area contributed by atoms with Crippen LogP contribution in [0, 0.1) is 0 Å². The highest BCUT2D eigenvalue weighted by molar-refractivity contribution is 6.36. The molecule has 0 radical (unpaired) electrons. The minimum atomic E-state index is -0.393. The van der Waals surface area contributed by atoms with Crippen LogP contribution in [-0.2, 0) is 6.54 Å². The lowest BCUT2D eigenvalue weighted by atomic mass is 10.3. The normalized spacial score (nSPS) is 10.3. The Kier molecular flexibility index (Phi) is 5.42. The maximum atomic E-state index is 12.3. The van der Waals surface area contributed by atoms with Gasteiger partial charge in [-0.15, -0.1) is 0 Å². The Morgan fingerprint density at radius 1 is 1.12 bits per heavy atom. The summed E-state index contributed by atoms with van der Waals surface area (Å²) in [5, 5.41) is 6.67. The molecule has 3 rings (SSSR count). The lowest BCUT2D eigenvalue weighted by Crippen LogP contribution is -2.15. The topological polar surface area (TPSA) is 79.8 Å². The molecule has 0 atom stereocenters. The van der Waals surface area contributed by atoms with Gasteiger partial charge in [-0.2, -0.15) is 0 Å². The maximum Gasteiger partial charge on any atom is 0.274 e. The fourth-order valence-corrected chi connectivity index (χ4v) is 2.51. The summed E-state index contributed by atoms with van der Waals surface area (Å²) in [5.74, 6) is 0.141. The molecule has 0 saturated heterocycles. The Bertz CT molecular complexity index is 889. The van der Waals surface area contributed by atoms with Gasteiger partial charge >= 0.3 is 0 Å². The number of benzene rings is 1. The number of anilines is 2. The maximum absolute atomic E-state index is 12.3. The number of nitrogens with zero attached hydrogens (tertiary/aromatic N) is 3. The van der Waals surface area contributed by atoms with E-state index in [4.69, 9.17) is 23.2 Å². The van der Waals surface area contributed by atoms with Crippen LogP contribution in [0.15, 0.2) is 55.1 Å².